The maximum Gasteiger partial charge on any atom is 0.326 e. The van der Waals surface area contributed by atoms with Crippen molar-refractivity contribution < 1.29 is 14.7 Å². The predicted molar refractivity (Wildman–Crippen MR) is 153 cm³/mol. The number of rotatable bonds is 10. The van der Waals surface area contributed by atoms with Gasteiger partial charge in [0.15, 0.2) is 0 Å². The van der Waals surface area contributed by atoms with E-state index in [1.807, 2.05) is 43.5 Å². The second-order valence-corrected chi connectivity index (χ2v) is 11.2. The van der Waals surface area contributed by atoms with Gasteiger partial charge in [0.05, 0.1) is 0 Å². The number of carbonyl (C=O) groups is 2. The van der Waals surface area contributed by atoms with Crippen molar-refractivity contribution in [2.45, 2.75) is 57.4 Å². The average molecular weight is 516 g/mol. The Morgan fingerprint density at radius 3 is 2.32 bits per heavy atom. The Kier molecular flexibility index (Phi) is 9.45. The van der Waals surface area contributed by atoms with E-state index in [-0.39, 0.29) is 5.91 Å². The largest absolute Gasteiger partial charge is 0.480 e. The molecule has 0 saturated heterocycles. The summed E-state index contributed by atoms with van der Waals surface area (Å²) in [6.07, 6.45) is 8.16. The van der Waals surface area contributed by atoms with Crippen LogP contribution < -0.4 is 5.32 Å². The Morgan fingerprint density at radius 2 is 1.65 bits per heavy atom. The molecule has 0 unspecified atom stereocenters. The zero-order valence-electron chi connectivity index (χ0n) is 21.8. The summed E-state index contributed by atoms with van der Waals surface area (Å²) in [7, 11) is 0. The van der Waals surface area contributed by atoms with Crippen LogP contribution in [0, 0.1) is 12.8 Å². The van der Waals surface area contributed by atoms with Crippen molar-refractivity contribution in [3.63, 3.8) is 0 Å². The number of nitrogens with one attached hydrogen (secondary N) is 1. The van der Waals surface area contributed by atoms with E-state index in [0.29, 0.717) is 29.6 Å². The quantitative estimate of drug-likeness (QED) is 0.302. The number of carbonyl (C=O) groups excluding carboxylic acids is 1. The molecule has 1 aliphatic carbocycles. The summed E-state index contributed by atoms with van der Waals surface area (Å²) in [5.41, 5.74) is 6.19. The third-order valence-electron chi connectivity index (χ3n) is 7.62. The van der Waals surface area contributed by atoms with E-state index in [2.05, 4.69) is 47.8 Å². The molecule has 4 rings (SSSR count). The normalized spacial score (nSPS) is 18.2. The fourth-order valence-corrected chi connectivity index (χ4v) is 5.97. The van der Waals surface area contributed by atoms with Gasteiger partial charge in [0.2, 0.25) is 0 Å². The van der Waals surface area contributed by atoms with Gasteiger partial charge < -0.3 is 10.4 Å². The third-order valence-corrected chi connectivity index (χ3v) is 8.26. The summed E-state index contributed by atoms with van der Waals surface area (Å²) in [6, 6.07) is 24.1. The van der Waals surface area contributed by atoms with E-state index in [4.69, 9.17) is 0 Å². The number of aliphatic carboxylic acids is 1. The molecule has 37 heavy (non-hydrogen) atoms. The molecule has 5 heteroatoms. The summed E-state index contributed by atoms with van der Waals surface area (Å²) in [6.45, 7) is 2.05. The van der Waals surface area contributed by atoms with Crippen LogP contribution in [0.3, 0.4) is 0 Å². The molecule has 4 nitrogen and oxygen atoms in total. The average Bonchev–Trinajstić information content (AvgIpc) is 2.92. The Labute approximate surface area is 224 Å². The van der Waals surface area contributed by atoms with E-state index in [1.54, 1.807) is 11.8 Å². The first-order chi connectivity index (χ1) is 18.0. The molecule has 0 heterocycles. The van der Waals surface area contributed by atoms with Gasteiger partial charge in [-0.3, -0.25) is 4.79 Å². The van der Waals surface area contributed by atoms with E-state index < -0.39 is 12.0 Å². The first-order valence-electron chi connectivity index (χ1n) is 13.2. The van der Waals surface area contributed by atoms with Crippen LogP contribution in [0.4, 0.5) is 0 Å². The van der Waals surface area contributed by atoms with Gasteiger partial charge in [0, 0.05) is 5.56 Å². The van der Waals surface area contributed by atoms with Gasteiger partial charge >= 0.3 is 5.97 Å². The molecule has 1 saturated carbocycles. The van der Waals surface area contributed by atoms with Crippen LogP contribution in [0.25, 0.3) is 11.1 Å². The van der Waals surface area contributed by atoms with E-state index in [9.17, 15) is 14.7 Å². The highest BCUT2D eigenvalue weighted by Gasteiger charge is 2.25. The molecule has 194 valence electrons. The van der Waals surface area contributed by atoms with Gasteiger partial charge in [-0.15, -0.1) is 0 Å². The first-order valence-corrected chi connectivity index (χ1v) is 14.6. The smallest absolute Gasteiger partial charge is 0.326 e. The Bertz CT molecular complexity index is 1200. The predicted octanol–water partition coefficient (Wildman–Crippen LogP) is 7.11. The number of benzene rings is 3. The van der Waals surface area contributed by atoms with E-state index in [1.165, 1.54) is 36.8 Å². The van der Waals surface area contributed by atoms with Crippen LogP contribution in [0.2, 0.25) is 0 Å². The summed E-state index contributed by atoms with van der Waals surface area (Å²) < 4.78 is 0. The number of thioether (sulfide) groups is 1. The zero-order chi connectivity index (χ0) is 26.2. The second-order valence-electron chi connectivity index (χ2n) is 10.2. The van der Waals surface area contributed by atoms with E-state index in [0.717, 1.165) is 23.1 Å². The lowest BCUT2D eigenvalue weighted by molar-refractivity contribution is -0.139. The van der Waals surface area contributed by atoms with Gasteiger partial charge in [-0.2, -0.15) is 11.8 Å². The maximum absolute atomic E-state index is 13.3. The van der Waals surface area contributed by atoms with Crippen molar-refractivity contribution in [2.75, 3.05) is 12.0 Å². The van der Waals surface area contributed by atoms with Crippen molar-refractivity contribution in [1.29, 1.82) is 0 Å². The maximum atomic E-state index is 13.3. The molecule has 1 aliphatic rings. The third kappa shape index (κ3) is 7.04. The van der Waals surface area contributed by atoms with Crippen molar-refractivity contribution >= 4 is 23.6 Å². The van der Waals surface area contributed by atoms with Crippen LogP contribution in [0.5, 0.6) is 0 Å². The molecule has 3 aromatic carbocycles. The molecule has 2 N–H and O–H groups in total. The first kappa shape index (κ1) is 27.0. The molecule has 0 bridgehead atoms. The van der Waals surface area contributed by atoms with Crippen molar-refractivity contribution in [3.8, 4) is 11.1 Å². The Hall–Kier alpha value is -3.05. The highest BCUT2D eigenvalue weighted by molar-refractivity contribution is 7.98. The molecule has 0 spiro atoms. The molecule has 1 amide bonds. The lowest BCUT2D eigenvalue weighted by Crippen LogP contribution is -2.41. The number of hydrogen-bond donors (Lipinski definition) is 2. The molecular weight excluding hydrogens is 478 g/mol. The van der Waals surface area contributed by atoms with Crippen molar-refractivity contribution in [2.24, 2.45) is 5.92 Å². The van der Waals surface area contributed by atoms with Crippen LogP contribution >= 0.6 is 11.8 Å². The summed E-state index contributed by atoms with van der Waals surface area (Å²) >= 11 is 1.57. The number of carboxylic acid groups (broad SMARTS) is 1. The second kappa shape index (κ2) is 13.0. The summed E-state index contributed by atoms with van der Waals surface area (Å²) in [4.78, 5) is 25.1. The standard InChI is InChI=1S/C32H37NO3S/c1-22-8-6-7-11-27(22)29-21-24(14-17-28(29)31(34)33-30(32(35)36)18-19-37-2)20-23-12-15-26(16-13-23)25-9-4-3-5-10-25/h3-11,14,17,21,23,26,30H,12-13,15-16,18-20H2,1-2H3,(H,33,34)(H,35,36)/t23?,26?,30-/m0/s1. The van der Waals surface area contributed by atoms with Crippen molar-refractivity contribution in [1.82, 2.24) is 5.32 Å². The topological polar surface area (TPSA) is 66.4 Å². The number of hydrogen-bond acceptors (Lipinski definition) is 3. The minimum Gasteiger partial charge on any atom is -0.480 e. The fourth-order valence-electron chi connectivity index (χ4n) is 5.50. The minimum absolute atomic E-state index is 0.332. The molecular formula is C32H37NO3S. The molecule has 0 aromatic heterocycles. The molecule has 0 aliphatic heterocycles. The van der Waals surface area contributed by atoms with Gasteiger partial charge in [-0.1, -0.05) is 66.7 Å². The lowest BCUT2D eigenvalue weighted by Gasteiger charge is -2.29. The molecule has 0 radical (unpaired) electrons. The summed E-state index contributed by atoms with van der Waals surface area (Å²) in [5.74, 6) is 0.628. The Morgan fingerprint density at radius 1 is 0.946 bits per heavy atom. The number of amides is 1. The minimum atomic E-state index is -0.998. The highest BCUT2D eigenvalue weighted by Crippen LogP contribution is 2.38. The number of aryl methyl sites for hydroxylation is 1. The van der Waals surface area contributed by atoms with E-state index >= 15 is 0 Å². The van der Waals surface area contributed by atoms with Crippen LogP contribution in [-0.2, 0) is 11.2 Å². The fraction of sp³-hybridized carbons (Fsp3) is 0.375. The monoisotopic (exact) mass is 515 g/mol. The number of carboxylic acids is 1. The van der Waals surface area contributed by atoms with Crippen LogP contribution in [0.15, 0.2) is 72.8 Å². The van der Waals surface area contributed by atoms with Crippen LogP contribution in [-0.4, -0.2) is 35.0 Å². The van der Waals surface area contributed by atoms with Gasteiger partial charge in [-0.05, 0) is 103 Å². The molecule has 1 fully saturated rings. The highest BCUT2D eigenvalue weighted by atomic mass is 32.2. The molecule has 3 aromatic rings. The lowest BCUT2D eigenvalue weighted by atomic mass is 9.76. The van der Waals surface area contributed by atoms with Crippen molar-refractivity contribution in [3.05, 3.63) is 95.1 Å². The zero-order valence-corrected chi connectivity index (χ0v) is 22.6. The Balaban J connectivity index is 1.53. The van der Waals surface area contributed by atoms with Gasteiger partial charge in [0.25, 0.3) is 5.91 Å². The SMILES string of the molecule is CSCC[C@H](NC(=O)c1ccc(CC2CCC(c3ccccc3)CC2)cc1-c1ccccc1C)C(=O)O. The van der Waals surface area contributed by atoms with Gasteiger partial charge in [-0.25, -0.2) is 4.79 Å². The molecule has 1 atom stereocenters. The van der Waals surface area contributed by atoms with Gasteiger partial charge in [0.1, 0.15) is 6.04 Å². The van der Waals surface area contributed by atoms with Crippen LogP contribution in [0.1, 0.15) is 65.1 Å². The summed E-state index contributed by atoms with van der Waals surface area (Å²) in [5, 5.41) is 12.4.